The topological polar surface area (TPSA) is 143 Å². The van der Waals surface area contributed by atoms with Gasteiger partial charge in [0.05, 0.1) is 31.3 Å². The number of hydrogen-bond acceptors (Lipinski definition) is 8. The van der Waals surface area contributed by atoms with E-state index in [0.29, 0.717) is 34.6 Å². The van der Waals surface area contributed by atoms with Crippen molar-refractivity contribution in [3.05, 3.63) is 87.1 Å². The van der Waals surface area contributed by atoms with E-state index < -0.39 is 4.92 Å². The molecule has 0 radical (unpaired) electrons. The van der Waals surface area contributed by atoms with Crippen LogP contribution < -0.4 is 20.3 Å². The number of benzene rings is 2. The molecule has 1 N–H and O–H groups in total. The van der Waals surface area contributed by atoms with Gasteiger partial charge in [0, 0.05) is 18.7 Å². The van der Waals surface area contributed by atoms with E-state index >= 15 is 0 Å². The molecule has 2 aromatic heterocycles. The number of carbonyl (C=O) groups is 1. The van der Waals surface area contributed by atoms with Gasteiger partial charge in [-0.1, -0.05) is 12.1 Å². The quantitative estimate of drug-likeness (QED) is 0.268. The Bertz CT molecular complexity index is 1410. The number of non-ortho nitro benzene ring substituents is 1. The second-order valence-electron chi connectivity index (χ2n) is 7.52. The maximum absolute atomic E-state index is 12.8. The zero-order chi connectivity index (χ0) is 24.8. The third-order valence-electron chi connectivity index (χ3n) is 5.17. The second kappa shape index (κ2) is 10.5. The number of nitrogens with zero attached hydrogens (tertiary/aromatic N) is 5. The predicted molar refractivity (Wildman–Crippen MR) is 125 cm³/mol. The van der Waals surface area contributed by atoms with Gasteiger partial charge in [0.1, 0.15) is 23.2 Å². The molecule has 0 aliphatic heterocycles. The molecule has 2 aromatic carbocycles. The van der Waals surface area contributed by atoms with Gasteiger partial charge in [-0.05, 0) is 29.8 Å². The van der Waals surface area contributed by atoms with Crippen molar-refractivity contribution in [3.8, 4) is 11.5 Å². The summed E-state index contributed by atoms with van der Waals surface area (Å²) in [5, 5.41) is 18.2. The van der Waals surface area contributed by atoms with Crippen LogP contribution in [0.3, 0.4) is 0 Å². The highest BCUT2D eigenvalue weighted by atomic mass is 16.6. The van der Waals surface area contributed by atoms with Crippen LogP contribution in [0.25, 0.3) is 11.0 Å². The fourth-order valence-electron chi connectivity index (χ4n) is 3.41. The normalized spacial score (nSPS) is 10.8. The van der Waals surface area contributed by atoms with Crippen LogP contribution >= 0.6 is 0 Å². The van der Waals surface area contributed by atoms with E-state index in [0.717, 1.165) is 0 Å². The van der Waals surface area contributed by atoms with Gasteiger partial charge in [0.15, 0.2) is 12.3 Å². The Labute approximate surface area is 198 Å². The Morgan fingerprint density at radius 2 is 1.94 bits per heavy atom. The number of rotatable bonds is 10. The fourth-order valence-corrected chi connectivity index (χ4v) is 3.41. The van der Waals surface area contributed by atoms with Crippen molar-refractivity contribution in [3.63, 3.8) is 0 Å². The molecule has 0 unspecified atom stereocenters. The van der Waals surface area contributed by atoms with Crippen molar-refractivity contribution < 1.29 is 19.2 Å². The summed E-state index contributed by atoms with van der Waals surface area (Å²) in [7, 11) is 1.57. The molecule has 0 spiro atoms. The van der Waals surface area contributed by atoms with E-state index in [-0.39, 0.29) is 36.9 Å². The Kier molecular flexibility index (Phi) is 7.00. The van der Waals surface area contributed by atoms with Gasteiger partial charge in [-0.15, -0.1) is 0 Å². The average Bonchev–Trinajstić information content (AvgIpc) is 3.28. The Morgan fingerprint density at radius 3 is 2.69 bits per heavy atom. The number of carbonyl (C=O) groups excluding carboxylic acids is 1. The first kappa shape index (κ1) is 23.4. The molecule has 2 heterocycles. The van der Waals surface area contributed by atoms with Gasteiger partial charge in [-0.25, -0.2) is 9.67 Å². The molecule has 0 bridgehead atoms. The minimum atomic E-state index is -0.484. The first-order valence-corrected chi connectivity index (χ1v) is 10.6. The number of nitro groups is 1. The summed E-state index contributed by atoms with van der Waals surface area (Å²) in [5.41, 5.74) is 0.627. The minimum absolute atomic E-state index is 0.0474. The summed E-state index contributed by atoms with van der Waals surface area (Å²) in [6.45, 7) is 0.560. The fraction of sp³-hybridized carbons (Fsp3) is 0.217. The maximum Gasteiger partial charge on any atom is 0.269 e. The van der Waals surface area contributed by atoms with Gasteiger partial charge >= 0.3 is 0 Å². The van der Waals surface area contributed by atoms with E-state index in [9.17, 15) is 19.7 Å². The summed E-state index contributed by atoms with van der Waals surface area (Å²) in [5.74, 6) is 0.937. The SMILES string of the molecule is COc1ccc(OCC(=O)NCCn2ncc3c(=O)n(Cc4cccc([N+](=O)[O-])c4)cnc32)cc1. The number of ether oxygens (including phenoxy) is 2. The van der Waals surface area contributed by atoms with E-state index in [1.165, 1.54) is 33.9 Å². The molecule has 35 heavy (non-hydrogen) atoms. The maximum atomic E-state index is 12.8. The summed E-state index contributed by atoms with van der Waals surface area (Å²) in [4.78, 5) is 39.7. The summed E-state index contributed by atoms with van der Waals surface area (Å²) >= 11 is 0. The van der Waals surface area contributed by atoms with E-state index in [4.69, 9.17) is 9.47 Å². The second-order valence-corrected chi connectivity index (χ2v) is 7.52. The van der Waals surface area contributed by atoms with Crippen molar-refractivity contribution >= 4 is 22.6 Å². The Balaban J connectivity index is 1.34. The molecule has 0 atom stereocenters. The van der Waals surface area contributed by atoms with Gasteiger partial charge in [0.25, 0.3) is 17.2 Å². The third-order valence-corrected chi connectivity index (χ3v) is 5.17. The monoisotopic (exact) mass is 478 g/mol. The van der Waals surface area contributed by atoms with Crippen LogP contribution in [-0.4, -0.2) is 50.4 Å². The molecule has 0 fully saturated rings. The molecule has 0 aliphatic carbocycles. The molecule has 0 saturated heterocycles. The predicted octanol–water partition coefficient (Wildman–Crippen LogP) is 1.75. The summed E-state index contributed by atoms with van der Waals surface area (Å²) in [6.07, 6.45) is 2.80. The van der Waals surface area contributed by atoms with Crippen LogP contribution in [0.4, 0.5) is 5.69 Å². The molecular weight excluding hydrogens is 456 g/mol. The lowest BCUT2D eigenvalue weighted by molar-refractivity contribution is -0.384. The van der Waals surface area contributed by atoms with Gasteiger partial charge in [0.2, 0.25) is 0 Å². The third kappa shape index (κ3) is 5.61. The van der Waals surface area contributed by atoms with Gasteiger partial charge in [-0.2, -0.15) is 5.10 Å². The van der Waals surface area contributed by atoms with Crippen LogP contribution in [-0.2, 0) is 17.9 Å². The Morgan fingerprint density at radius 1 is 1.17 bits per heavy atom. The molecule has 180 valence electrons. The summed E-state index contributed by atoms with van der Waals surface area (Å²) < 4.78 is 13.4. The number of amides is 1. The average molecular weight is 478 g/mol. The van der Waals surface area contributed by atoms with E-state index in [1.54, 1.807) is 43.5 Å². The number of nitrogens with one attached hydrogen (secondary N) is 1. The lowest BCUT2D eigenvalue weighted by Gasteiger charge is -2.09. The molecule has 4 rings (SSSR count). The zero-order valence-corrected chi connectivity index (χ0v) is 18.8. The van der Waals surface area contributed by atoms with Crippen LogP contribution in [0.15, 0.2) is 65.8 Å². The Hall–Kier alpha value is -4.74. The molecule has 0 aliphatic rings. The zero-order valence-electron chi connectivity index (χ0n) is 18.8. The van der Waals surface area contributed by atoms with Crippen molar-refractivity contribution in [2.75, 3.05) is 20.3 Å². The van der Waals surface area contributed by atoms with Crippen LogP contribution in [0, 0.1) is 10.1 Å². The molecule has 12 heteroatoms. The molecule has 1 amide bonds. The molecule has 4 aromatic rings. The van der Waals surface area contributed by atoms with Crippen LogP contribution in [0.5, 0.6) is 11.5 Å². The van der Waals surface area contributed by atoms with Gasteiger partial charge in [-0.3, -0.25) is 24.3 Å². The highest BCUT2D eigenvalue weighted by molar-refractivity contribution is 5.77. The molecule has 12 nitrogen and oxygen atoms in total. The number of fused-ring (bicyclic) bond motifs is 1. The van der Waals surface area contributed by atoms with Crippen molar-refractivity contribution in [2.45, 2.75) is 13.1 Å². The number of methoxy groups -OCH3 is 1. The van der Waals surface area contributed by atoms with Crippen molar-refractivity contribution in [1.82, 2.24) is 24.6 Å². The number of aromatic nitrogens is 4. The van der Waals surface area contributed by atoms with Crippen molar-refractivity contribution in [1.29, 1.82) is 0 Å². The van der Waals surface area contributed by atoms with E-state index in [2.05, 4.69) is 15.4 Å². The highest BCUT2D eigenvalue weighted by Crippen LogP contribution is 2.17. The number of hydrogen-bond donors (Lipinski definition) is 1. The largest absolute Gasteiger partial charge is 0.497 e. The van der Waals surface area contributed by atoms with Crippen molar-refractivity contribution in [2.24, 2.45) is 0 Å². The lowest BCUT2D eigenvalue weighted by Crippen LogP contribution is -2.31. The molecular formula is C23H22N6O6. The van der Waals surface area contributed by atoms with Gasteiger partial charge < -0.3 is 14.8 Å². The first-order valence-electron chi connectivity index (χ1n) is 10.6. The standard InChI is InChI=1S/C23H22N6O6/c1-34-18-5-7-19(8-6-18)35-14-21(30)24-9-10-28-22-20(12-26-28)23(31)27(15-25-22)13-16-3-2-4-17(11-16)29(32)33/h2-8,11-12,15H,9-10,13-14H2,1H3,(H,24,30). The minimum Gasteiger partial charge on any atom is -0.497 e. The van der Waals surface area contributed by atoms with E-state index in [1.807, 2.05) is 0 Å². The molecule has 0 saturated carbocycles. The van der Waals surface area contributed by atoms with Crippen LogP contribution in [0.2, 0.25) is 0 Å². The smallest absolute Gasteiger partial charge is 0.269 e. The first-order chi connectivity index (χ1) is 16.9. The number of nitro benzene ring substituents is 1. The highest BCUT2D eigenvalue weighted by Gasteiger charge is 2.12. The lowest BCUT2D eigenvalue weighted by atomic mass is 10.2. The van der Waals surface area contributed by atoms with Crippen LogP contribution in [0.1, 0.15) is 5.56 Å². The summed E-state index contributed by atoms with van der Waals surface area (Å²) in [6, 6.07) is 13.0.